The summed E-state index contributed by atoms with van der Waals surface area (Å²) in [5, 5.41) is 15.1. The maximum absolute atomic E-state index is 12.8. The van der Waals surface area contributed by atoms with Crippen LogP contribution in [0.4, 0.5) is 11.6 Å². The molecule has 0 aliphatic heterocycles. The topological polar surface area (TPSA) is 102 Å². The highest BCUT2D eigenvalue weighted by Crippen LogP contribution is 2.35. The van der Waals surface area contributed by atoms with Crippen LogP contribution in [-0.2, 0) is 16.0 Å². The molecule has 8 heteroatoms. The lowest BCUT2D eigenvalue weighted by atomic mass is 9.87. The maximum atomic E-state index is 12.8. The van der Waals surface area contributed by atoms with E-state index >= 15 is 0 Å². The fraction of sp³-hybridized carbons (Fsp3) is 0.419. The van der Waals surface area contributed by atoms with Crippen LogP contribution in [0.2, 0.25) is 0 Å². The number of aromatic nitrogens is 2. The average molecular weight is 529 g/mol. The van der Waals surface area contributed by atoms with Gasteiger partial charge in [0.05, 0.1) is 19.1 Å². The smallest absolute Gasteiger partial charge is 0.308 e. The zero-order chi connectivity index (χ0) is 27.1. The van der Waals surface area contributed by atoms with Crippen LogP contribution in [0.25, 0.3) is 0 Å². The van der Waals surface area contributed by atoms with E-state index < -0.39 is 0 Å². The third-order valence-corrected chi connectivity index (χ3v) is 7.87. The number of carbonyl (C=O) groups is 2. The molecule has 2 aliphatic carbocycles. The Morgan fingerprint density at radius 3 is 2.18 bits per heavy atom. The first kappa shape index (κ1) is 26.7. The molecule has 8 nitrogen and oxygen atoms in total. The molecule has 1 amide bonds. The summed E-state index contributed by atoms with van der Waals surface area (Å²) in [7, 11) is 1.43. The molecule has 2 fully saturated rings. The first-order valence-corrected chi connectivity index (χ1v) is 13.8. The molecule has 5 rings (SSSR count). The molecule has 0 unspecified atom stereocenters. The molecule has 2 saturated carbocycles. The van der Waals surface area contributed by atoms with Gasteiger partial charge < -0.3 is 20.1 Å². The number of esters is 1. The van der Waals surface area contributed by atoms with E-state index in [0.29, 0.717) is 22.9 Å². The highest BCUT2D eigenvalue weighted by atomic mass is 16.5. The van der Waals surface area contributed by atoms with Crippen LogP contribution in [0, 0.1) is 5.92 Å². The lowest BCUT2D eigenvalue weighted by Crippen LogP contribution is -2.38. The van der Waals surface area contributed by atoms with E-state index in [9.17, 15) is 9.59 Å². The van der Waals surface area contributed by atoms with E-state index in [0.717, 1.165) is 44.9 Å². The van der Waals surface area contributed by atoms with Gasteiger partial charge in [-0.1, -0.05) is 43.2 Å². The van der Waals surface area contributed by atoms with Crippen molar-refractivity contribution in [3.05, 3.63) is 77.9 Å². The van der Waals surface area contributed by atoms with Crippen molar-refractivity contribution in [2.45, 2.75) is 69.4 Å². The van der Waals surface area contributed by atoms with Gasteiger partial charge in [0.2, 0.25) is 0 Å². The summed E-state index contributed by atoms with van der Waals surface area (Å²) in [6, 6.07) is 21.3. The summed E-state index contributed by atoms with van der Waals surface area (Å²) in [6.07, 6.45) is 8.73. The van der Waals surface area contributed by atoms with Gasteiger partial charge in [-0.15, -0.1) is 10.2 Å². The van der Waals surface area contributed by atoms with Crippen molar-refractivity contribution in [2.24, 2.45) is 5.92 Å². The molecular weight excluding hydrogens is 492 g/mol. The summed E-state index contributed by atoms with van der Waals surface area (Å²) in [5.41, 5.74) is 1.80. The molecular formula is C31H36N4O4. The minimum Gasteiger partial charge on any atom is -0.490 e. The van der Waals surface area contributed by atoms with Crippen LogP contribution < -0.4 is 15.4 Å². The second-order valence-corrected chi connectivity index (χ2v) is 10.7. The number of nitrogens with one attached hydrogen (secondary N) is 2. The highest BCUT2D eigenvalue weighted by Gasteiger charge is 2.34. The van der Waals surface area contributed by atoms with E-state index in [2.05, 4.69) is 45.1 Å². The predicted octanol–water partition coefficient (Wildman–Crippen LogP) is 5.81. The number of benzene rings is 2. The number of ether oxygens (including phenoxy) is 2. The Morgan fingerprint density at radius 2 is 1.54 bits per heavy atom. The van der Waals surface area contributed by atoms with Gasteiger partial charge in [-0.25, -0.2) is 0 Å². The van der Waals surface area contributed by atoms with Crippen LogP contribution in [-0.4, -0.2) is 40.8 Å². The number of amides is 1. The molecule has 39 heavy (non-hydrogen) atoms. The summed E-state index contributed by atoms with van der Waals surface area (Å²) in [4.78, 5) is 24.5. The van der Waals surface area contributed by atoms with Crippen LogP contribution in [0.3, 0.4) is 0 Å². The van der Waals surface area contributed by atoms with Gasteiger partial charge in [0.25, 0.3) is 5.91 Å². The van der Waals surface area contributed by atoms with Crippen molar-refractivity contribution in [2.75, 3.05) is 17.7 Å². The zero-order valence-corrected chi connectivity index (χ0v) is 22.4. The molecule has 0 spiro atoms. The van der Waals surface area contributed by atoms with Gasteiger partial charge in [-0.2, -0.15) is 0 Å². The lowest BCUT2D eigenvalue weighted by Gasteiger charge is -2.31. The highest BCUT2D eigenvalue weighted by molar-refractivity contribution is 6.03. The number of hydrogen-bond donors (Lipinski definition) is 2. The second kappa shape index (κ2) is 12.3. The Balaban J connectivity index is 1.13. The van der Waals surface area contributed by atoms with Gasteiger partial charge in [-0.3, -0.25) is 9.59 Å². The van der Waals surface area contributed by atoms with E-state index in [4.69, 9.17) is 9.47 Å². The van der Waals surface area contributed by atoms with Crippen molar-refractivity contribution in [3.63, 3.8) is 0 Å². The maximum Gasteiger partial charge on any atom is 0.308 e. The van der Waals surface area contributed by atoms with Gasteiger partial charge in [-0.05, 0) is 86.9 Å². The SMILES string of the molecule is COC(=O)C1CCC(Oc2ccc(C(=O)Nc3ccc(NC4(Cc5ccccc5)CCCC4)nn3)cc2)CC1. The molecule has 2 aromatic carbocycles. The fourth-order valence-electron chi connectivity index (χ4n) is 5.77. The molecule has 204 valence electrons. The van der Waals surface area contributed by atoms with Crippen LogP contribution in [0.5, 0.6) is 5.75 Å². The number of rotatable bonds is 9. The number of methoxy groups -OCH3 is 1. The quantitative estimate of drug-likeness (QED) is 0.338. The van der Waals surface area contributed by atoms with Gasteiger partial charge in [0, 0.05) is 11.1 Å². The Kier molecular flexibility index (Phi) is 8.39. The first-order valence-electron chi connectivity index (χ1n) is 13.8. The van der Waals surface area contributed by atoms with Crippen molar-refractivity contribution in [1.82, 2.24) is 10.2 Å². The molecule has 0 atom stereocenters. The summed E-state index contributed by atoms with van der Waals surface area (Å²) in [5.74, 6) is 1.39. The Morgan fingerprint density at radius 1 is 0.872 bits per heavy atom. The minimum atomic E-state index is -0.258. The Labute approximate surface area is 229 Å². The third-order valence-electron chi connectivity index (χ3n) is 7.87. The lowest BCUT2D eigenvalue weighted by molar-refractivity contribution is -0.147. The number of hydrogen-bond acceptors (Lipinski definition) is 7. The van der Waals surface area contributed by atoms with E-state index in [1.807, 2.05) is 12.1 Å². The largest absolute Gasteiger partial charge is 0.490 e. The van der Waals surface area contributed by atoms with Crippen LogP contribution in [0.1, 0.15) is 67.3 Å². The predicted molar refractivity (Wildman–Crippen MR) is 150 cm³/mol. The molecule has 0 saturated heterocycles. The number of carbonyl (C=O) groups excluding carboxylic acids is 2. The number of anilines is 2. The normalized spacial score (nSPS) is 20.1. The van der Waals surface area contributed by atoms with E-state index in [1.165, 1.54) is 25.5 Å². The van der Waals surface area contributed by atoms with Crippen LogP contribution in [0.15, 0.2) is 66.7 Å². The second-order valence-electron chi connectivity index (χ2n) is 10.7. The Hall–Kier alpha value is -3.94. The Bertz CT molecular complexity index is 1230. The summed E-state index contributed by atoms with van der Waals surface area (Å²) >= 11 is 0. The van der Waals surface area contributed by atoms with Crippen molar-refractivity contribution in [3.8, 4) is 5.75 Å². The molecule has 1 heterocycles. The third kappa shape index (κ3) is 6.93. The molecule has 0 bridgehead atoms. The summed E-state index contributed by atoms with van der Waals surface area (Å²) in [6.45, 7) is 0. The van der Waals surface area contributed by atoms with Gasteiger partial charge in [0.15, 0.2) is 5.82 Å². The van der Waals surface area contributed by atoms with Crippen LogP contribution >= 0.6 is 0 Å². The van der Waals surface area contributed by atoms with Crippen molar-refractivity contribution >= 4 is 23.5 Å². The average Bonchev–Trinajstić information content (AvgIpc) is 3.42. The summed E-state index contributed by atoms with van der Waals surface area (Å²) < 4.78 is 10.9. The van der Waals surface area contributed by atoms with Gasteiger partial charge in [0.1, 0.15) is 11.6 Å². The fourth-order valence-corrected chi connectivity index (χ4v) is 5.77. The standard InChI is InChI=1S/C31H36N4O4/c1-38-30(37)24-11-15-26(16-12-24)39-25-13-9-23(10-14-25)29(36)32-27-17-18-28(35-34-27)33-31(19-5-6-20-31)21-22-7-3-2-4-8-22/h2-4,7-10,13-14,17-18,24,26H,5-6,11-12,15-16,19-21H2,1H3,(H,33,35)(H,32,34,36). The first-order chi connectivity index (χ1) is 19.0. The van der Waals surface area contributed by atoms with E-state index in [-0.39, 0.29) is 29.4 Å². The van der Waals surface area contributed by atoms with E-state index in [1.54, 1.807) is 30.3 Å². The molecule has 3 aromatic rings. The van der Waals surface area contributed by atoms with Crippen molar-refractivity contribution in [1.29, 1.82) is 0 Å². The monoisotopic (exact) mass is 528 g/mol. The number of nitrogens with zero attached hydrogens (tertiary/aromatic N) is 2. The molecule has 0 radical (unpaired) electrons. The molecule has 2 aliphatic rings. The zero-order valence-electron chi connectivity index (χ0n) is 22.4. The molecule has 2 N–H and O–H groups in total. The minimum absolute atomic E-state index is 0.0225. The van der Waals surface area contributed by atoms with Gasteiger partial charge >= 0.3 is 5.97 Å². The molecule has 1 aromatic heterocycles. The van der Waals surface area contributed by atoms with Crippen molar-refractivity contribution < 1.29 is 19.1 Å².